The molecule has 2 bridgehead atoms. The van der Waals surface area contributed by atoms with Crippen molar-refractivity contribution in [3.63, 3.8) is 0 Å². The summed E-state index contributed by atoms with van der Waals surface area (Å²) in [4.78, 5) is 0. The van der Waals surface area contributed by atoms with Crippen molar-refractivity contribution >= 4 is 0 Å². The summed E-state index contributed by atoms with van der Waals surface area (Å²) in [6.45, 7) is 4.13. The second-order valence-corrected chi connectivity index (χ2v) is 5.78. The van der Waals surface area contributed by atoms with Gasteiger partial charge in [0.25, 0.3) is 0 Å². The minimum absolute atomic E-state index is 0.0970. The molecule has 2 atom stereocenters. The molecule has 1 heterocycles. The van der Waals surface area contributed by atoms with Gasteiger partial charge in [-0.15, -0.1) is 0 Å². The largest absolute Gasteiger partial charge is 0.352 e. The van der Waals surface area contributed by atoms with Crippen molar-refractivity contribution in [2.75, 3.05) is 13.2 Å². The molecule has 3 fully saturated rings. The van der Waals surface area contributed by atoms with E-state index in [1.165, 1.54) is 25.7 Å². The Kier molecular flexibility index (Phi) is 2.52. The fraction of sp³-hybridized carbons (Fsp3) is 1.00. The van der Waals surface area contributed by atoms with Crippen LogP contribution in [-0.2, 0) is 9.47 Å². The van der Waals surface area contributed by atoms with E-state index in [0.717, 1.165) is 37.9 Å². The Balaban J connectivity index is 1.61. The van der Waals surface area contributed by atoms with Crippen LogP contribution in [0.15, 0.2) is 0 Å². The normalized spacial score (nSPS) is 49.0. The van der Waals surface area contributed by atoms with E-state index in [2.05, 4.69) is 6.92 Å². The van der Waals surface area contributed by atoms with Gasteiger partial charge in [-0.05, 0) is 37.5 Å². The molecule has 15 heavy (non-hydrogen) atoms. The molecule has 2 unspecified atom stereocenters. The van der Waals surface area contributed by atoms with Crippen molar-refractivity contribution in [3.05, 3.63) is 0 Å². The zero-order valence-electron chi connectivity index (χ0n) is 9.71. The van der Waals surface area contributed by atoms with Gasteiger partial charge in [0.05, 0.1) is 13.2 Å². The first kappa shape index (κ1) is 10.1. The smallest absolute Gasteiger partial charge is 0.157 e. The minimum Gasteiger partial charge on any atom is -0.352 e. The molecule has 0 aromatic rings. The fourth-order valence-corrected chi connectivity index (χ4v) is 3.92. The first-order valence-corrected chi connectivity index (χ1v) is 6.55. The second-order valence-electron chi connectivity index (χ2n) is 5.78. The van der Waals surface area contributed by atoms with Crippen molar-refractivity contribution in [3.8, 4) is 0 Å². The maximum Gasteiger partial charge on any atom is 0.157 e. The van der Waals surface area contributed by atoms with Crippen LogP contribution >= 0.6 is 0 Å². The zero-order chi connectivity index (χ0) is 10.3. The van der Waals surface area contributed by atoms with Gasteiger partial charge in [-0.3, -0.25) is 0 Å². The minimum atomic E-state index is 0.0970. The van der Waals surface area contributed by atoms with Gasteiger partial charge in [0, 0.05) is 5.41 Å². The number of fused-ring (bicyclic) bond motifs is 3. The number of hydrogen-bond acceptors (Lipinski definition) is 2. The third-order valence-electron chi connectivity index (χ3n) is 4.74. The van der Waals surface area contributed by atoms with Crippen LogP contribution in [0.4, 0.5) is 0 Å². The highest BCUT2D eigenvalue weighted by molar-refractivity contribution is 5.01. The highest BCUT2D eigenvalue weighted by Gasteiger charge is 2.53. The van der Waals surface area contributed by atoms with Crippen LogP contribution in [0.3, 0.4) is 0 Å². The Morgan fingerprint density at radius 2 is 2.00 bits per heavy atom. The molecule has 3 aliphatic rings. The van der Waals surface area contributed by atoms with E-state index in [4.69, 9.17) is 9.47 Å². The summed E-state index contributed by atoms with van der Waals surface area (Å²) in [5.74, 6) is 1.90. The quantitative estimate of drug-likeness (QED) is 0.697. The summed E-state index contributed by atoms with van der Waals surface area (Å²) in [5, 5.41) is 0. The third-order valence-corrected chi connectivity index (χ3v) is 4.74. The van der Waals surface area contributed by atoms with Crippen LogP contribution in [0, 0.1) is 17.3 Å². The molecule has 0 amide bonds. The van der Waals surface area contributed by atoms with E-state index in [9.17, 15) is 0 Å². The molecular weight excluding hydrogens is 188 g/mol. The number of rotatable bonds is 2. The van der Waals surface area contributed by atoms with Gasteiger partial charge in [0.2, 0.25) is 0 Å². The molecule has 2 aliphatic carbocycles. The molecule has 1 aliphatic heterocycles. The highest BCUT2D eigenvalue weighted by atomic mass is 16.7. The van der Waals surface area contributed by atoms with E-state index in [1.807, 2.05) is 0 Å². The Morgan fingerprint density at radius 1 is 1.20 bits per heavy atom. The van der Waals surface area contributed by atoms with E-state index >= 15 is 0 Å². The molecule has 1 saturated heterocycles. The van der Waals surface area contributed by atoms with Gasteiger partial charge < -0.3 is 9.47 Å². The van der Waals surface area contributed by atoms with Crippen molar-refractivity contribution in [1.82, 2.24) is 0 Å². The topological polar surface area (TPSA) is 18.5 Å². The maximum atomic E-state index is 5.89. The lowest BCUT2D eigenvalue weighted by molar-refractivity contribution is -0.242. The zero-order valence-corrected chi connectivity index (χ0v) is 9.71. The van der Waals surface area contributed by atoms with Gasteiger partial charge in [-0.25, -0.2) is 0 Å². The maximum absolute atomic E-state index is 5.89. The lowest BCUT2D eigenvalue weighted by Crippen LogP contribution is -2.45. The molecular formula is C13H22O2. The lowest BCUT2D eigenvalue weighted by atomic mass is 9.74. The molecule has 0 aromatic heterocycles. The summed E-state index contributed by atoms with van der Waals surface area (Å²) in [6, 6.07) is 0. The van der Waals surface area contributed by atoms with Gasteiger partial charge in [0.15, 0.2) is 6.29 Å². The summed E-state index contributed by atoms with van der Waals surface area (Å²) < 4.78 is 11.8. The lowest BCUT2D eigenvalue weighted by Gasteiger charge is -2.42. The second kappa shape index (κ2) is 3.74. The predicted octanol–water partition coefficient (Wildman–Crippen LogP) is 2.97. The van der Waals surface area contributed by atoms with Gasteiger partial charge >= 0.3 is 0 Å². The van der Waals surface area contributed by atoms with E-state index in [-0.39, 0.29) is 6.29 Å². The van der Waals surface area contributed by atoms with Gasteiger partial charge in [0.1, 0.15) is 0 Å². The Hall–Kier alpha value is -0.0800. The van der Waals surface area contributed by atoms with Crippen LogP contribution in [0.25, 0.3) is 0 Å². The number of hydrogen-bond donors (Lipinski definition) is 0. The van der Waals surface area contributed by atoms with Crippen LogP contribution in [-0.4, -0.2) is 19.5 Å². The molecule has 3 rings (SSSR count). The average molecular weight is 210 g/mol. The predicted molar refractivity (Wildman–Crippen MR) is 58.5 cm³/mol. The molecule has 2 heteroatoms. The Labute approximate surface area is 92.3 Å². The molecule has 86 valence electrons. The summed E-state index contributed by atoms with van der Waals surface area (Å²) in [6.07, 6.45) is 8.02. The summed E-state index contributed by atoms with van der Waals surface area (Å²) >= 11 is 0. The first-order chi connectivity index (χ1) is 7.32. The highest BCUT2D eigenvalue weighted by Crippen LogP contribution is 2.57. The van der Waals surface area contributed by atoms with Crippen LogP contribution in [0.5, 0.6) is 0 Å². The summed E-state index contributed by atoms with van der Waals surface area (Å²) in [7, 11) is 0. The Bertz CT molecular complexity index is 231. The fourth-order valence-electron chi connectivity index (χ4n) is 3.92. The van der Waals surface area contributed by atoms with E-state index in [1.54, 1.807) is 0 Å². The van der Waals surface area contributed by atoms with Gasteiger partial charge in [-0.1, -0.05) is 19.8 Å². The van der Waals surface area contributed by atoms with Crippen LogP contribution < -0.4 is 0 Å². The van der Waals surface area contributed by atoms with Crippen LogP contribution in [0.1, 0.15) is 45.4 Å². The standard InChI is InChI=1S/C13H22O2/c1-2-3-12-14-8-13(9-15-12)7-10-4-5-11(13)6-10/h10-12H,2-9H2,1H3. The third kappa shape index (κ3) is 1.62. The first-order valence-electron chi connectivity index (χ1n) is 6.55. The SMILES string of the molecule is CCCC1OCC2(CO1)CC1CCC2C1. The molecule has 0 radical (unpaired) electrons. The molecule has 2 nitrogen and oxygen atoms in total. The molecule has 0 N–H and O–H groups in total. The van der Waals surface area contributed by atoms with E-state index < -0.39 is 0 Å². The molecule has 2 saturated carbocycles. The van der Waals surface area contributed by atoms with Crippen molar-refractivity contribution in [1.29, 1.82) is 0 Å². The van der Waals surface area contributed by atoms with Crippen LogP contribution in [0.2, 0.25) is 0 Å². The van der Waals surface area contributed by atoms with Crippen molar-refractivity contribution in [2.24, 2.45) is 17.3 Å². The average Bonchev–Trinajstić information content (AvgIpc) is 2.82. The number of ether oxygens (including phenoxy) is 2. The Morgan fingerprint density at radius 3 is 2.53 bits per heavy atom. The molecule has 0 aromatic carbocycles. The monoisotopic (exact) mass is 210 g/mol. The summed E-state index contributed by atoms with van der Waals surface area (Å²) in [5.41, 5.74) is 0.424. The van der Waals surface area contributed by atoms with Gasteiger partial charge in [-0.2, -0.15) is 0 Å². The molecule has 1 spiro atoms. The van der Waals surface area contributed by atoms with E-state index in [0.29, 0.717) is 5.41 Å². The van der Waals surface area contributed by atoms with Crippen molar-refractivity contribution < 1.29 is 9.47 Å². The van der Waals surface area contributed by atoms with Crippen molar-refractivity contribution in [2.45, 2.75) is 51.7 Å².